The number of para-hydroxylation sites is 1. The molecular weight excluding hydrogens is 289 g/mol. The van der Waals surface area contributed by atoms with Crippen LogP contribution in [0.5, 0.6) is 0 Å². The molecule has 2 aromatic rings. The smallest absolute Gasteiger partial charge is 0.354 e. The van der Waals surface area contributed by atoms with Gasteiger partial charge in [-0.1, -0.05) is 18.2 Å². The Labute approximate surface area is 117 Å². The average Bonchev–Trinajstić information content (AvgIpc) is 2.45. The highest BCUT2D eigenvalue weighted by Crippen LogP contribution is 2.20. The molecule has 0 spiro atoms. The molecule has 1 N–H and O–H groups in total. The zero-order chi connectivity index (χ0) is 15.3. The predicted molar refractivity (Wildman–Crippen MR) is 67.1 cm³/mol. The molecular formula is C12H9F3N4O2. The first-order chi connectivity index (χ1) is 9.96. The Hall–Kier alpha value is -2.84. The number of ether oxygens (including phenoxy) is 1. The van der Waals surface area contributed by atoms with E-state index in [9.17, 15) is 18.0 Å². The zero-order valence-electron chi connectivity index (χ0n) is 10.4. The van der Waals surface area contributed by atoms with E-state index in [1.165, 1.54) is 12.4 Å². The summed E-state index contributed by atoms with van der Waals surface area (Å²) in [5.74, 6) is -0.143. The van der Waals surface area contributed by atoms with Crippen molar-refractivity contribution >= 4 is 17.6 Å². The number of anilines is 2. The molecule has 0 bridgehead atoms. The van der Waals surface area contributed by atoms with Crippen LogP contribution in [0.2, 0.25) is 0 Å². The third-order valence-electron chi connectivity index (χ3n) is 2.18. The van der Waals surface area contributed by atoms with E-state index in [0.29, 0.717) is 10.7 Å². The SMILES string of the molecule is O=C(OC(F)(F)F)N(Nc1ccccc1)c1cnccn1. The van der Waals surface area contributed by atoms with E-state index in [2.05, 4.69) is 20.1 Å². The van der Waals surface area contributed by atoms with Gasteiger partial charge < -0.3 is 4.74 Å². The number of amides is 1. The first-order valence-electron chi connectivity index (χ1n) is 5.63. The molecule has 0 unspecified atom stereocenters. The number of nitrogens with zero attached hydrogens (tertiary/aromatic N) is 3. The van der Waals surface area contributed by atoms with Crippen LogP contribution in [0.4, 0.5) is 29.5 Å². The topological polar surface area (TPSA) is 67.3 Å². The third kappa shape index (κ3) is 4.34. The van der Waals surface area contributed by atoms with Gasteiger partial charge in [-0.05, 0) is 12.1 Å². The molecule has 110 valence electrons. The molecule has 6 nitrogen and oxygen atoms in total. The molecule has 0 aliphatic carbocycles. The Morgan fingerprint density at radius 3 is 2.48 bits per heavy atom. The molecule has 1 heterocycles. The number of rotatable bonds is 3. The molecule has 0 saturated carbocycles. The summed E-state index contributed by atoms with van der Waals surface area (Å²) in [4.78, 5) is 19.1. The lowest BCUT2D eigenvalue weighted by molar-refractivity contribution is -0.290. The second kappa shape index (κ2) is 6.07. The summed E-state index contributed by atoms with van der Waals surface area (Å²) in [6.07, 6.45) is -3.11. The standard InChI is InChI=1S/C12H9F3N4O2/c13-12(14,15)21-11(20)19(10-8-16-6-7-17-10)18-9-4-2-1-3-5-9/h1-8,18H. The number of carbonyl (C=O) groups excluding carboxylic acids is 1. The number of halogens is 3. The van der Waals surface area contributed by atoms with Crippen molar-refractivity contribution in [3.63, 3.8) is 0 Å². The molecule has 9 heteroatoms. The van der Waals surface area contributed by atoms with Crippen molar-refractivity contribution in [2.24, 2.45) is 0 Å². The van der Waals surface area contributed by atoms with Crippen molar-refractivity contribution in [3.8, 4) is 0 Å². The number of hydrogen-bond donors (Lipinski definition) is 1. The van der Waals surface area contributed by atoms with Crippen LogP contribution in [0.25, 0.3) is 0 Å². The fourth-order valence-electron chi connectivity index (χ4n) is 1.39. The fraction of sp³-hybridized carbons (Fsp3) is 0.0833. The van der Waals surface area contributed by atoms with Gasteiger partial charge in [0.05, 0.1) is 11.9 Å². The van der Waals surface area contributed by atoms with Crippen LogP contribution in [-0.4, -0.2) is 22.4 Å². The van der Waals surface area contributed by atoms with Gasteiger partial charge >= 0.3 is 12.5 Å². The van der Waals surface area contributed by atoms with E-state index in [1.807, 2.05) is 0 Å². The first-order valence-corrected chi connectivity index (χ1v) is 5.63. The van der Waals surface area contributed by atoms with Gasteiger partial charge in [-0.3, -0.25) is 10.4 Å². The monoisotopic (exact) mass is 298 g/mol. The lowest BCUT2D eigenvalue weighted by Crippen LogP contribution is -2.40. The number of alkyl halides is 3. The first kappa shape index (κ1) is 14.6. The van der Waals surface area contributed by atoms with Crippen molar-refractivity contribution < 1.29 is 22.7 Å². The van der Waals surface area contributed by atoms with E-state index in [1.54, 1.807) is 30.3 Å². The zero-order valence-corrected chi connectivity index (χ0v) is 10.4. The predicted octanol–water partition coefficient (Wildman–Crippen LogP) is 2.97. The van der Waals surface area contributed by atoms with E-state index in [4.69, 9.17) is 0 Å². The summed E-state index contributed by atoms with van der Waals surface area (Å²) < 4.78 is 39.9. The van der Waals surface area contributed by atoms with Crippen LogP contribution in [0.3, 0.4) is 0 Å². The number of benzene rings is 1. The summed E-state index contributed by atoms with van der Waals surface area (Å²) in [6.45, 7) is 0. The fourth-order valence-corrected chi connectivity index (χ4v) is 1.39. The molecule has 0 aliphatic heterocycles. The molecule has 0 saturated heterocycles. The number of carbonyl (C=O) groups is 1. The number of hydrazine groups is 1. The average molecular weight is 298 g/mol. The highest BCUT2D eigenvalue weighted by molar-refractivity contribution is 5.88. The second-order valence-electron chi connectivity index (χ2n) is 3.69. The Bertz CT molecular complexity index is 592. The van der Waals surface area contributed by atoms with E-state index < -0.39 is 12.5 Å². The van der Waals surface area contributed by atoms with Crippen LogP contribution in [0, 0.1) is 0 Å². The maximum atomic E-state index is 12.2. The van der Waals surface area contributed by atoms with Gasteiger partial charge in [0.15, 0.2) is 5.82 Å². The highest BCUT2D eigenvalue weighted by Gasteiger charge is 2.37. The van der Waals surface area contributed by atoms with Crippen LogP contribution in [-0.2, 0) is 4.74 Å². The van der Waals surface area contributed by atoms with Crippen molar-refractivity contribution in [2.75, 3.05) is 10.4 Å². The van der Waals surface area contributed by atoms with Crippen LogP contribution in [0.1, 0.15) is 0 Å². The molecule has 0 aliphatic rings. The Morgan fingerprint density at radius 1 is 1.19 bits per heavy atom. The van der Waals surface area contributed by atoms with Gasteiger partial charge in [0, 0.05) is 12.4 Å². The van der Waals surface area contributed by atoms with Crippen molar-refractivity contribution in [1.29, 1.82) is 0 Å². The minimum absolute atomic E-state index is 0.143. The van der Waals surface area contributed by atoms with Crippen molar-refractivity contribution in [1.82, 2.24) is 9.97 Å². The summed E-state index contributed by atoms with van der Waals surface area (Å²) in [5, 5.41) is 0.510. The van der Waals surface area contributed by atoms with Crippen LogP contribution < -0.4 is 10.4 Å². The number of nitrogens with one attached hydrogen (secondary N) is 1. The Morgan fingerprint density at radius 2 is 1.90 bits per heavy atom. The van der Waals surface area contributed by atoms with Gasteiger partial charge in [0.1, 0.15) is 0 Å². The van der Waals surface area contributed by atoms with Gasteiger partial charge in [0.2, 0.25) is 0 Å². The lowest BCUT2D eigenvalue weighted by Gasteiger charge is -2.22. The quantitative estimate of drug-likeness (QED) is 0.882. The minimum Gasteiger partial charge on any atom is -0.354 e. The normalized spacial score (nSPS) is 10.8. The van der Waals surface area contributed by atoms with Crippen molar-refractivity contribution in [2.45, 2.75) is 6.36 Å². The summed E-state index contributed by atoms with van der Waals surface area (Å²) in [7, 11) is 0. The molecule has 0 atom stereocenters. The van der Waals surface area contributed by atoms with E-state index in [-0.39, 0.29) is 5.82 Å². The van der Waals surface area contributed by atoms with Crippen LogP contribution >= 0.6 is 0 Å². The van der Waals surface area contributed by atoms with Crippen molar-refractivity contribution in [3.05, 3.63) is 48.9 Å². The van der Waals surface area contributed by atoms with Gasteiger partial charge in [-0.2, -0.15) is 5.01 Å². The third-order valence-corrected chi connectivity index (χ3v) is 2.18. The summed E-state index contributed by atoms with van der Waals surface area (Å²) >= 11 is 0. The van der Waals surface area contributed by atoms with Gasteiger partial charge in [0.25, 0.3) is 0 Å². The summed E-state index contributed by atoms with van der Waals surface area (Å²) in [6, 6.07) is 8.12. The molecule has 0 radical (unpaired) electrons. The minimum atomic E-state index is -5.10. The number of hydrogen-bond acceptors (Lipinski definition) is 5. The molecule has 1 aromatic heterocycles. The number of aromatic nitrogens is 2. The molecule has 1 aromatic carbocycles. The van der Waals surface area contributed by atoms with E-state index in [0.717, 1.165) is 6.20 Å². The molecule has 2 rings (SSSR count). The van der Waals surface area contributed by atoms with Gasteiger partial charge in [-0.15, -0.1) is 13.2 Å². The lowest BCUT2D eigenvalue weighted by atomic mass is 10.3. The second-order valence-corrected chi connectivity index (χ2v) is 3.69. The maximum Gasteiger partial charge on any atom is 0.576 e. The highest BCUT2D eigenvalue weighted by atomic mass is 19.4. The summed E-state index contributed by atoms with van der Waals surface area (Å²) in [5.41, 5.74) is 2.85. The molecule has 21 heavy (non-hydrogen) atoms. The maximum absolute atomic E-state index is 12.2. The largest absolute Gasteiger partial charge is 0.576 e. The van der Waals surface area contributed by atoms with Gasteiger partial charge in [-0.25, -0.2) is 9.78 Å². The molecule has 1 amide bonds. The van der Waals surface area contributed by atoms with Crippen LogP contribution in [0.15, 0.2) is 48.9 Å². The Kier molecular flexibility index (Phi) is 4.21. The van der Waals surface area contributed by atoms with E-state index >= 15 is 0 Å². The molecule has 0 fully saturated rings. The Balaban J connectivity index is 2.25.